The van der Waals surface area contributed by atoms with E-state index >= 15 is 0 Å². The van der Waals surface area contributed by atoms with Crippen LogP contribution in [0.5, 0.6) is 0 Å². The SMILES string of the molecule is CC(C)C1(C)C(C)NC(=O)C1C. The maximum atomic E-state index is 11.4. The molecule has 0 saturated carbocycles. The molecule has 0 aromatic heterocycles. The highest BCUT2D eigenvalue weighted by Crippen LogP contribution is 2.42. The van der Waals surface area contributed by atoms with Gasteiger partial charge in [-0.1, -0.05) is 27.7 Å². The Labute approximate surface area is 74.7 Å². The Bertz CT molecular complexity index is 200. The maximum Gasteiger partial charge on any atom is 0.223 e. The van der Waals surface area contributed by atoms with Crippen LogP contribution < -0.4 is 5.32 Å². The normalized spacial score (nSPS) is 42.0. The fraction of sp³-hybridized carbons (Fsp3) is 0.900. The molecule has 1 aliphatic heterocycles. The van der Waals surface area contributed by atoms with Gasteiger partial charge in [0.2, 0.25) is 5.91 Å². The zero-order valence-electron chi connectivity index (χ0n) is 8.64. The van der Waals surface area contributed by atoms with Crippen LogP contribution in [0.1, 0.15) is 34.6 Å². The molecule has 1 fully saturated rings. The number of carbonyl (C=O) groups is 1. The number of nitrogens with one attached hydrogen (secondary N) is 1. The smallest absolute Gasteiger partial charge is 0.223 e. The van der Waals surface area contributed by atoms with Crippen LogP contribution in [0.2, 0.25) is 0 Å². The Kier molecular flexibility index (Phi) is 2.19. The van der Waals surface area contributed by atoms with E-state index in [1.165, 1.54) is 0 Å². The molecule has 1 N–H and O–H groups in total. The average Bonchev–Trinajstić information content (AvgIpc) is 2.16. The lowest BCUT2D eigenvalue weighted by atomic mass is 9.68. The van der Waals surface area contributed by atoms with E-state index in [4.69, 9.17) is 0 Å². The van der Waals surface area contributed by atoms with Crippen molar-refractivity contribution in [2.75, 3.05) is 0 Å². The monoisotopic (exact) mass is 169 g/mol. The molecule has 0 aromatic carbocycles. The molecule has 0 aromatic rings. The molecule has 3 atom stereocenters. The number of rotatable bonds is 1. The van der Waals surface area contributed by atoms with Gasteiger partial charge in [0.25, 0.3) is 0 Å². The molecule has 3 unspecified atom stereocenters. The zero-order chi connectivity index (χ0) is 9.52. The summed E-state index contributed by atoms with van der Waals surface area (Å²) in [4.78, 5) is 11.4. The molecule has 0 aliphatic carbocycles. The summed E-state index contributed by atoms with van der Waals surface area (Å²) in [5.41, 5.74) is 0.122. The summed E-state index contributed by atoms with van der Waals surface area (Å²) in [5, 5.41) is 3.00. The average molecular weight is 169 g/mol. The lowest BCUT2D eigenvalue weighted by Crippen LogP contribution is -2.38. The first-order chi connectivity index (χ1) is 5.40. The van der Waals surface area contributed by atoms with Crippen LogP contribution in [0.3, 0.4) is 0 Å². The van der Waals surface area contributed by atoms with Crippen LogP contribution in [-0.2, 0) is 4.79 Å². The van der Waals surface area contributed by atoms with Crippen molar-refractivity contribution in [3.63, 3.8) is 0 Å². The zero-order valence-corrected chi connectivity index (χ0v) is 8.64. The summed E-state index contributed by atoms with van der Waals surface area (Å²) in [7, 11) is 0. The third kappa shape index (κ3) is 1.05. The van der Waals surface area contributed by atoms with Gasteiger partial charge in [-0.25, -0.2) is 0 Å². The summed E-state index contributed by atoms with van der Waals surface area (Å²) in [5.74, 6) is 0.896. The van der Waals surface area contributed by atoms with Crippen molar-refractivity contribution >= 4 is 5.91 Å². The van der Waals surface area contributed by atoms with E-state index in [1.54, 1.807) is 0 Å². The van der Waals surface area contributed by atoms with E-state index in [0.29, 0.717) is 12.0 Å². The molecule has 0 spiro atoms. The van der Waals surface area contributed by atoms with Gasteiger partial charge in [-0.3, -0.25) is 4.79 Å². The van der Waals surface area contributed by atoms with Gasteiger partial charge in [0.15, 0.2) is 0 Å². The van der Waals surface area contributed by atoms with Gasteiger partial charge >= 0.3 is 0 Å². The molecular weight excluding hydrogens is 150 g/mol. The Morgan fingerprint density at radius 3 is 2.08 bits per heavy atom. The quantitative estimate of drug-likeness (QED) is 0.637. The first-order valence-corrected chi connectivity index (χ1v) is 4.71. The fourth-order valence-electron chi connectivity index (χ4n) is 2.15. The van der Waals surface area contributed by atoms with Crippen molar-refractivity contribution in [1.82, 2.24) is 5.32 Å². The molecule has 2 nitrogen and oxygen atoms in total. The van der Waals surface area contributed by atoms with Gasteiger partial charge in [0.1, 0.15) is 0 Å². The molecule has 1 aliphatic rings. The van der Waals surface area contributed by atoms with Gasteiger partial charge in [0, 0.05) is 17.4 Å². The lowest BCUT2D eigenvalue weighted by Gasteiger charge is -2.35. The molecule has 1 heterocycles. The molecular formula is C10H19NO. The highest BCUT2D eigenvalue weighted by molar-refractivity contribution is 5.82. The second-order valence-corrected chi connectivity index (χ2v) is 4.47. The van der Waals surface area contributed by atoms with Gasteiger partial charge in [-0.15, -0.1) is 0 Å². The third-order valence-electron chi connectivity index (χ3n) is 3.86. The second-order valence-electron chi connectivity index (χ2n) is 4.47. The summed E-state index contributed by atoms with van der Waals surface area (Å²) in [6, 6.07) is 0.306. The Hall–Kier alpha value is -0.530. The molecule has 2 heteroatoms. The Morgan fingerprint density at radius 1 is 1.42 bits per heavy atom. The maximum absolute atomic E-state index is 11.4. The predicted octanol–water partition coefficient (Wildman–Crippen LogP) is 1.80. The number of carbonyl (C=O) groups excluding carboxylic acids is 1. The summed E-state index contributed by atoms with van der Waals surface area (Å²) in [6.07, 6.45) is 0. The molecule has 1 amide bonds. The van der Waals surface area contributed by atoms with Crippen LogP contribution >= 0.6 is 0 Å². The largest absolute Gasteiger partial charge is 0.353 e. The highest BCUT2D eigenvalue weighted by Gasteiger charge is 2.48. The van der Waals surface area contributed by atoms with E-state index < -0.39 is 0 Å². The minimum absolute atomic E-state index is 0.122. The van der Waals surface area contributed by atoms with E-state index in [-0.39, 0.29) is 17.2 Å². The van der Waals surface area contributed by atoms with E-state index in [1.807, 2.05) is 6.92 Å². The lowest BCUT2D eigenvalue weighted by molar-refractivity contribution is -0.123. The van der Waals surface area contributed by atoms with Gasteiger partial charge in [-0.05, 0) is 12.8 Å². The van der Waals surface area contributed by atoms with Crippen LogP contribution in [0.25, 0.3) is 0 Å². The first-order valence-electron chi connectivity index (χ1n) is 4.71. The second kappa shape index (κ2) is 2.75. The molecule has 12 heavy (non-hydrogen) atoms. The molecule has 0 bridgehead atoms. The van der Waals surface area contributed by atoms with Crippen LogP contribution in [-0.4, -0.2) is 11.9 Å². The highest BCUT2D eigenvalue weighted by atomic mass is 16.2. The van der Waals surface area contributed by atoms with Gasteiger partial charge in [-0.2, -0.15) is 0 Å². The van der Waals surface area contributed by atoms with Crippen molar-refractivity contribution in [3.8, 4) is 0 Å². The molecule has 1 rings (SSSR count). The van der Waals surface area contributed by atoms with Crippen molar-refractivity contribution in [3.05, 3.63) is 0 Å². The van der Waals surface area contributed by atoms with Crippen LogP contribution in [0.4, 0.5) is 0 Å². The van der Waals surface area contributed by atoms with Crippen LogP contribution in [0.15, 0.2) is 0 Å². The summed E-state index contributed by atoms with van der Waals surface area (Å²) < 4.78 is 0. The molecule has 70 valence electrons. The molecule has 1 saturated heterocycles. The van der Waals surface area contributed by atoms with Crippen molar-refractivity contribution in [2.24, 2.45) is 17.3 Å². The summed E-state index contributed by atoms with van der Waals surface area (Å²) in [6.45, 7) is 10.7. The predicted molar refractivity (Wildman–Crippen MR) is 49.7 cm³/mol. The molecule has 0 radical (unpaired) electrons. The van der Waals surface area contributed by atoms with E-state index in [2.05, 4.69) is 33.0 Å². The van der Waals surface area contributed by atoms with E-state index in [9.17, 15) is 4.79 Å². The van der Waals surface area contributed by atoms with Crippen molar-refractivity contribution in [1.29, 1.82) is 0 Å². The Morgan fingerprint density at radius 2 is 1.92 bits per heavy atom. The van der Waals surface area contributed by atoms with Crippen molar-refractivity contribution < 1.29 is 4.79 Å². The fourth-order valence-corrected chi connectivity index (χ4v) is 2.15. The number of hydrogen-bond donors (Lipinski definition) is 1. The summed E-state index contributed by atoms with van der Waals surface area (Å²) >= 11 is 0. The van der Waals surface area contributed by atoms with Crippen LogP contribution in [0, 0.1) is 17.3 Å². The minimum Gasteiger partial charge on any atom is -0.353 e. The van der Waals surface area contributed by atoms with Gasteiger partial charge < -0.3 is 5.32 Å². The minimum atomic E-state index is 0.122. The number of hydrogen-bond acceptors (Lipinski definition) is 1. The third-order valence-corrected chi connectivity index (χ3v) is 3.86. The van der Waals surface area contributed by atoms with E-state index in [0.717, 1.165) is 0 Å². The standard InChI is InChI=1S/C10H19NO/c1-6(2)10(5)7(3)9(12)11-8(10)4/h6-8H,1-5H3,(H,11,12). The Balaban J connectivity index is 2.95. The topological polar surface area (TPSA) is 29.1 Å². The number of amides is 1. The van der Waals surface area contributed by atoms with Gasteiger partial charge in [0.05, 0.1) is 0 Å². The first kappa shape index (κ1) is 9.56. The van der Waals surface area contributed by atoms with Crippen molar-refractivity contribution in [2.45, 2.75) is 40.7 Å².